The maximum absolute atomic E-state index is 9.81. The summed E-state index contributed by atoms with van der Waals surface area (Å²) in [7, 11) is 0. The Bertz CT molecular complexity index is 411. The van der Waals surface area contributed by atoms with Gasteiger partial charge >= 0.3 is 0 Å². The van der Waals surface area contributed by atoms with Crippen LogP contribution in [0, 0.1) is 33.5 Å². The van der Waals surface area contributed by atoms with E-state index < -0.39 is 0 Å². The van der Waals surface area contributed by atoms with Crippen LogP contribution in [0.5, 0.6) is 0 Å². The fourth-order valence-electron chi connectivity index (χ4n) is 6.28. The SMILES string of the molecule is CC1(C)C2CCC1(C)C(O)C2.CC12CCC(CC1)C2(C)C. The molecule has 0 saturated heterocycles. The Morgan fingerprint density at radius 3 is 1.38 bits per heavy atom. The van der Waals surface area contributed by atoms with Crippen molar-refractivity contribution in [3.63, 3.8) is 0 Å². The Hall–Kier alpha value is -0.0400. The highest BCUT2D eigenvalue weighted by Gasteiger charge is 2.60. The van der Waals surface area contributed by atoms with E-state index in [1.807, 2.05) is 0 Å². The van der Waals surface area contributed by atoms with Crippen molar-refractivity contribution in [2.75, 3.05) is 0 Å². The lowest BCUT2D eigenvalue weighted by Crippen LogP contribution is -2.35. The smallest absolute Gasteiger partial charge is 0.0601 e. The molecule has 0 aliphatic heterocycles. The molecule has 0 heterocycles. The summed E-state index contributed by atoms with van der Waals surface area (Å²) in [5, 5.41) is 9.81. The van der Waals surface area contributed by atoms with Crippen molar-refractivity contribution in [3.8, 4) is 0 Å². The first kappa shape index (κ1) is 15.8. The average molecular weight is 293 g/mol. The van der Waals surface area contributed by atoms with Crippen LogP contribution >= 0.6 is 0 Å². The molecule has 0 radical (unpaired) electrons. The molecular formula is C20H36O. The number of rotatable bonds is 0. The zero-order valence-electron chi connectivity index (χ0n) is 15.1. The van der Waals surface area contributed by atoms with E-state index in [4.69, 9.17) is 0 Å². The van der Waals surface area contributed by atoms with Crippen LogP contribution in [0.25, 0.3) is 0 Å². The van der Waals surface area contributed by atoms with Crippen molar-refractivity contribution in [2.45, 2.75) is 92.6 Å². The van der Waals surface area contributed by atoms with Crippen LogP contribution in [-0.4, -0.2) is 11.2 Å². The first-order chi connectivity index (χ1) is 9.55. The van der Waals surface area contributed by atoms with E-state index in [2.05, 4.69) is 41.5 Å². The second kappa shape index (κ2) is 4.49. The molecule has 0 aromatic heterocycles. The Kier molecular flexibility index (Phi) is 3.39. The van der Waals surface area contributed by atoms with E-state index >= 15 is 0 Å². The molecule has 1 nitrogen and oxygen atoms in total. The third-order valence-electron chi connectivity index (χ3n) is 9.41. The van der Waals surface area contributed by atoms with E-state index in [-0.39, 0.29) is 11.5 Å². The fourth-order valence-corrected chi connectivity index (χ4v) is 6.28. The quantitative estimate of drug-likeness (QED) is 0.632. The minimum absolute atomic E-state index is 0.0313. The monoisotopic (exact) mass is 292 g/mol. The zero-order valence-corrected chi connectivity index (χ0v) is 15.1. The van der Waals surface area contributed by atoms with Gasteiger partial charge in [0, 0.05) is 0 Å². The lowest BCUT2D eigenvalue weighted by molar-refractivity contribution is 0.0126. The van der Waals surface area contributed by atoms with Crippen LogP contribution in [0.2, 0.25) is 0 Å². The average Bonchev–Trinajstić information content (AvgIpc) is 2.91. The number of aliphatic hydroxyl groups is 1. The Morgan fingerprint density at radius 2 is 1.24 bits per heavy atom. The standard InChI is InChI=1S/C10H18O.C10H18/c1-9(2)7-4-5-10(9,3)8(11)6-7;1-9(2)8-4-6-10(9,3)7-5-8/h7-8,11H,4-6H2,1-3H3;8H,4-7H2,1-3H3. The van der Waals surface area contributed by atoms with Crippen molar-refractivity contribution in [3.05, 3.63) is 0 Å². The van der Waals surface area contributed by atoms with Crippen LogP contribution in [-0.2, 0) is 0 Å². The first-order valence-corrected chi connectivity index (χ1v) is 9.23. The van der Waals surface area contributed by atoms with Gasteiger partial charge in [0.1, 0.15) is 0 Å². The van der Waals surface area contributed by atoms with E-state index in [1.165, 1.54) is 38.5 Å². The number of fused-ring (bicyclic) bond motifs is 4. The molecular weight excluding hydrogens is 256 g/mol. The molecule has 0 amide bonds. The summed E-state index contributed by atoms with van der Waals surface area (Å²) in [6.45, 7) is 14.3. The number of hydrogen-bond donors (Lipinski definition) is 1. The zero-order chi connectivity index (χ0) is 15.7. The van der Waals surface area contributed by atoms with Crippen molar-refractivity contribution in [2.24, 2.45) is 33.5 Å². The maximum atomic E-state index is 9.81. The van der Waals surface area contributed by atoms with Gasteiger partial charge in [0.2, 0.25) is 0 Å². The molecule has 1 heteroatoms. The maximum Gasteiger partial charge on any atom is 0.0601 e. The molecule has 0 aromatic carbocycles. The molecule has 21 heavy (non-hydrogen) atoms. The molecule has 4 fully saturated rings. The largest absolute Gasteiger partial charge is 0.393 e. The Morgan fingerprint density at radius 1 is 0.714 bits per heavy atom. The molecule has 1 N–H and O–H groups in total. The van der Waals surface area contributed by atoms with Crippen molar-refractivity contribution >= 4 is 0 Å². The first-order valence-electron chi connectivity index (χ1n) is 9.23. The normalized spacial score (nSPS) is 51.9. The van der Waals surface area contributed by atoms with Crippen molar-refractivity contribution in [1.82, 2.24) is 0 Å². The molecule has 0 spiro atoms. The minimum Gasteiger partial charge on any atom is -0.393 e. The van der Waals surface area contributed by atoms with E-state index in [0.717, 1.165) is 18.3 Å². The summed E-state index contributed by atoms with van der Waals surface area (Å²) in [5.41, 5.74) is 1.97. The second-order valence-electron chi connectivity index (χ2n) is 10.2. The van der Waals surface area contributed by atoms with Gasteiger partial charge in [0.15, 0.2) is 0 Å². The second-order valence-corrected chi connectivity index (χ2v) is 10.2. The molecule has 4 aliphatic rings. The lowest BCUT2D eigenvalue weighted by Gasteiger charge is -2.36. The van der Waals surface area contributed by atoms with Gasteiger partial charge in [-0.3, -0.25) is 0 Å². The molecule has 3 atom stereocenters. The summed E-state index contributed by atoms with van der Waals surface area (Å²) in [6, 6.07) is 0. The van der Waals surface area contributed by atoms with Crippen LogP contribution < -0.4 is 0 Å². The van der Waals surface area contributed by atoms with E-state index in [0.29, 0.717) is 16.2 Å². The third kappa shape index (κ3) is 1.92. The van der Waals surface area contributed by atoms with Crippen molar-refractivity contribution in [1.29, 1.82) is 0 Å². The highest BCUT2D eigenvalue weighted by molar-refractivity contribution is 5.10. The molecule has 4 saturated carbocycles. The Balaban J connectivity index is 0.000000126. The van der Waals surface area contributed by atoms with Gasteiger partial charge in [-0.2, -0.15) is 0 Å². The highest BCUT2D eigenvalue weighted by atomic mass is 16.3. The van der Waals surface area contributed by atoms with Crippen LogP contribution in [0.1, 0.15) is 86.5 Å². The highest BCUT2D eigenvalue weighted by Crippen LogP contribution is 2.66. The van der Waals surface area contributed by atoms with Gasteiger partial charge in [-0.25, -0.2) is 0 Å². The van der Waals surface area contributed by atoms with Gasteiger partial charge in [-0.05, 0) is 78.4 Å². The summed E-state index contributed by atoms with van der Waals surface area (Å²) in [4.78, 5) is 0. The van der Waals surface area contributed by atoms with Gasteiger partial charge in [0.25, 0.3) is 0 Å². The summed E-state index contributed by atoms with van der Waals surface area (Å²) < 4.78 is 0. The molecule has 4 rings (SSSR count). The topological polar surface area (TPSA) is 20.2 Å². The third-order valence-corrected chi connectivity index (χ3v) is 9.41. The Labute approximate surface area is 131 Å². The van der Waals surface area contributed by atoms with Crippen LogP contribution in [0.15, 0.2) is 0 Å². The molecule has 3 unspecified atom stereocenters. The molecule has 0 aromatic rings. The van der Waals surface area contributed by atoms with Gasteiger partial charge < -0.3 is 5.11 Å². The molecule has 4 aliphatic carbocycles. The number of aliphatic hydroxyl groups excluding tert-OH is 1. The van der Waals surface area contributed by atoms with E-state index in [9.17, 15) is 5.11 Å². The predicted molar refractivity (Wildman–Crippen MR) is 89.1 cm³/mol. The van der Waals surface area contributed by atoms with Crippen LogP contribution in [0.3, 0.4) is 0 Å². The van der Waals surface area contributed by atoms with Crippen molar-refractivity contribution < 1.29 is 5.11 Å². The minimum atomic E-state index is -0.0313. The fraction of sp³-hybridized carbons (Fsp3) is 1.00. The van der Waals surface area contributed by atoms with Gasteiger partial charge in [-0.15, -0.1) is 0 Å². The summed E-state index contributed by atoms with van der Waals surface area (Å²) in [5.74, 6) is 1.83. The van der Waals surface area contributed by atoms with Gasteiger partial charge in [0.05, 0.1) is 6.10 Å². The molecule has 122 valence electrons. The summed E-state index contributed by atoms with van der Waals surface area (Å²) in [6.07, 6.45) is 9.56. The predicted octanol–water partition coefficient (Wildman–Crippen LogP) is 5.42. The van der Waals surface area contributed by atoms with Crippen LogP contribution in [0.4, 0.5) is 0 Å². The summed E-state index contributed by atoms with van der Waals surface area (Å²) >= 11 is 0. The lowest BCUT2D eigenvalue weighted by atomic mass is 9.70. The molecule has 4 bridgehead atoms. The van der Waals surface area contributed by atoms with Gasteiger partial charge in [-0.1, -0.05) is 41.5 Å². The van der Waals surface area contributed by atoms with E-state index in [1.54, 1.807) is 0 Å². The number of hydrogen-bond acceptors (Lipinski definition) is 1.